The molecular formula is C20H29ClO5S. The van der Waals surface area contributed by atoms with Crippen LogP contribution in [0, 0.1) is 11.3 Å². The number of carboxylic acid groups (broad SMARTS) is 1. The molecule has 0 aliphatic heterocycles. The third kappa shape index (κ3) is 3.40. The van der Waals surface area contributed by atoms with E-state index in [1.165, 1.54) is 0 Å². The van der Waals surface area contributed by atoms with Crippen LogP contribution in [0.4, 0.5) is 0 Å². The van der Waals surface area contributed by atoms with Crippen LogP contribution >= 0.6 is 12.4 Å². The van der Waals surface area contributed by atoms with Gasteiger partial charge in [-0.2, -0.15) is 8.42 Å². The minimum Gasteiger partial charge on any atom is -0.481 e. The maximum absolute atomic E-state index is 12.0. The van der Waals surface area contributed by atoms with Crippen LogP contribution in [0.1, 0.15) is 76.0 Å². The van der Waals surface area contributed by atoms with Gasteiger partial charge in [-0.25, -0.2) is 0 Å². The van der Waals surface area contributed by atoms with Gasteiger partial charge in [-0.05, 0) is 72.6 Å². The zero-order chi connectivity index (χ0) is 19.5. The van der Waals surface area contributed by atoms with E-state index in [0.29, 0.717) is 12.0 Å². The Kier molecular flexibility index (Phi) is 5.79. The van der Waals surface area contributed by atoms with E-state index in [4.69, 9.17) is 0 Å². The molecule has 0 radical (unpaired) electrons. The summed E-state index contributed by atoms with van der Waals surface area (Å²) in [6, 6.07) is 3.54. The molecular weight excluding hydrogens is 388 g/mol. The molecule has 0 unspecified atom stereocenters. The van der Waals surface area contributed by atoms with Gasteiger partial charge in [-0.15, -0.1) is 12.4 Å². The molecule has 27 heavy (non-hydrogen) atoms. The average molecular weight is 417 g/mol. The van der Waals surface area contributed by atoms with Gasteiger partial charge in [0, 0.05) is 0 Å². The maximum Gasteiger partial charge on any atom is 0.309 e. The van der Waals surface area contributed by atoms with E-state index >= 15 is 0 Å². The third-order valence-electron chi connectivity index (χ3n) is 6.87. The largest absolute Gasteiger partial charge is 0.481 e. The summed E-state index contributed by atoms with van der Waals surface area (Å²) in [5.74, 6) is -0.850. The van der Waals surface area contributed by atoms with Gasteiger partial charge in [0.1, 0.15) is 0 Å². The fourth-order valence-electron chi connectivity index (χ4n) is 5.45. The number of halogens is 1. The predicted molar refractivity (Wildman–Crippen MR) is 106 cm³/mol. The van der Waals surface area contributed by atoms with E-state index in [9.17, 15) is 22.9 Å². The van der Waals surface area contributed by atoms with Crippen molar-refractivity contribution in [3.8, 4) is 0 Å². The van der Waals surface area contributed by atoms with Gasteiger partial charge >= 0.3 is 5.97 Å². The number of aryl methyl sites for hydroxylation is 1. The van der Waals surface area contributed by atoms with Crippen LogP contribution in [-0.2, 0) is 26.7 Å². The van der Waals surface area contributed by atoms with Crippen LogP contribution in [0.15, 0.2) is 17.0 Å². The molecule has 5 nitrogen and oxygen atoms in total. The molecule has 152 valence electrons. The summed E-state index contributed by atoms with van der Waals surface area (Å²) in [7, 11) is -4.34. The van der Waals surface area contributed by atoms with Crippen molar-refractivity contribution in [3.63, 3.8) is 0 Å². The van der Waals surface area contributed by atoms with Crippen molar-refractivity contribution in [3.05, 3.63) is 28.8 Å². The fourth-order valence-corrected chi connectivity index (χ4v) is 6.31. The lowest BCUT2D eigenvalue weighted by Crippen LogP contribution is -2.52. The smallest absolute Gasteiger partial charge is 0.309 e. The van der Waals surface area contributed by atoms with E-state index in [2.05, 4.69) is 6.92 Å². The predicted octanol–water partition coefficient (Wildman–Crippen LogP) is 4.57. The van der Waals surface area contributed by atoms with Crippen molar-refractivity contribution < 1.29 is 22.9 Å². The topological polar surface area (TPSA) is 91.7 Å². The van der Waals surface area contributed by atoms with Crippen LogP contribution in [0.5, 0.6) is 0 Å². The number of carboxylic acids is 1. The molecule has 0 bridgehead atoms. The summed E-state index contributed by atoms with van der Waals surface area (Å²) in [4.78, 5) is 12.0. The molecule has 0 saturated heterocycles. The Bertz CT molecular complexity index is 863. The SMILES string of the molecule is CC(C)c1cc2c(cc1S(=O)(=O)O)[C@@]1(C)CCC[C@@](C)(C(=O)O)[C@@H]1CC2.Cl. The first-order chi connectivity index (χ1) is 11.9. The van der Waals surface area contributed by atoms with Gasteiger partial charge in [-0.3, -0.25) is 9.35 Å². The highest BCUT2D eigenvalue weighted by atomic mass is 35.5. The number of fused-ring (bicyclic) bond motifs is 3. The third-order valence-corrected chi connectivity index (χ3v) is 7.78. The summed E-state index contributed by atoms with van der Waals surface area (Å²) in [5.41, 5.74) is 1.42. The van der Waals surface area contributed by atoms with Gasteiger partial charge in [0.25, 0.3) is 10.1 Å². The molecule has 2 N–H and O–H groups in total. The number of hydrogen-bond acceptors (Lipinski definition) is 3. The standard InChI is InChI=1S/C20H28O5S.ClH/c1-12(2)14-10-13-6-7-17-19(3,8-5-9-20(17,4)18(21)22)15(13)11-16(14)26(23,24)25;/h10-12,17H,5-9H2,1-4H3,(H,21,22)(H,23,24,25);1H/t17-,19-,20-;/m1./s1. The summed E-state index contributed by atoms with van der Waals surface area (Å²) in [6.07, 6.45) is 3.80. The molecule has 0 spiro atoms. The van der Waals surface area contributed by atoms with Gasteiger partial charge in [0.05, 0.1) is 10.3 Å². The van der Waals surface area contributed by atoms with Crippen molar-refractivity contribution in [1.82, 2.24) is 0 Å². The lowest BCUT2D eigenvalue weighted by atomic mass is 9.50. The number of benzene rings is 1. The van der Waals surface area contributed by atoms with E-state index < -0.39 is 26.9 Å². The zero-order valence-electron chi connectivity index (χ0n) is 16.3. The van der Waals surface area contributed by atoms with Crippen molar-refractivity contribution in [2.45, 2.75) is 76.0 Å². The summed E-state index contributed by atoms with van der Waals surface area (Å²) in [6.45, 7) is 7.71. The van der Waals surface area contributed by atoms with Crippen LogP contribution in [0.2, 0.25) is 0 Å². The first-order valence-electron chi connectivity index (χ1n) is 9.29. The van der Waals surface area contributed by atoms with Crippen molar-refractivity contribution in [1.29, 1.82) is 0 Å². The van der Waals surface area contributed by atoms with Crippen LogP contribution in [0.3, 0.4) is 0 Å². The van der Waals surface area contributed by atoms with Crippen LogP contribution < -0.4 is 0 Å². The highest BCUT2D eigenvalue weighted by Crippen LogP contribution is 2.57. The minimum atomic E-state index is -4.34. The Morgan fingerprint density at radius 1 is 1.22 bits per heavy atom. The number of hydrogen-bond donors (Lipinski definition) is 2. The van der Waals surface area contributed by atoms with Gasteiger partial charge in [-0.1, -0.05) is 33.3 Å². The van der Waals surface area contributed by atoms with Gasteiger partial charge in [0.2, 0.25) is 0 Å². The molecule has 3 atom stereocenters. The lowest BCUT2D eigenvalue weighted by Gasteiger charge is -2.53. The van der Waals surface area contributed by atoms with Crippen LogP contribution in [-0.4, -0.2) is 24.0 Å². The second kappa shape index (κ2) is 7.05. The van der Waals surface area contributed by atoms with Crippen molar-refractivity contribution >= 4 is 28.5 Å². The molecule has 0 aromatic heterocycles. The number of carbonyl (C=O) groups is 1. The maximum atomic E-state index is 12.0. The Morgan fingerprint density at radius 3 is 2.37 bits per heavy atom. The normalized spacial score (nSPS) is 30.2. The summed E-state index contributed by atoms with van der Waals surface area (Å²) >= 11 is 0. The van der Waals surface area contributed by atoms with E-state index in [1.54, 1.807) is 6.07 Å². The molecule has 1 aromatic carbocycles. The Morgan fingerprint density at radius 2 is 1.85 bits per heavy atom. The Hall–Kier alpha value is -1.11. The van der Waals surface area contributed by atoms with Crippen LogP contribution in [0.25, 0.3) is 0 Å². The molecule has 2 aliphatic carbocycles. The number of aliphatic carboxylic acids is 1. The second-order valence-corrected chi connectivity index (χ2v) is 10.2. The van der Waals surface area contributed by atoms with Gasteiger partial charge < -0.3 is 5.11 Å². The average Bonchev–Trinajstić information content (AvgIpc) is 2.52. The molecule has 1 saturated carbocycles. The quantitative estimate of drug-likeness (QED) is 0.704. The Balaban J connectivity index is 0.00000261. The molecule has 1 fully saturated rings. The number of rotatable bonds is 3. The van der Waals surface area contributed by atoms with Gasteiger partial charge in [0.15, 0.2) is 0 Å². The molecule has 1 aromatic rings. The lowest BCUT2D eigenvalue weighted by molar-refractivity contribution is -0.157. The van der Waals surface area contributed by atoms with E-state index in [1.807, 2.05) is 26.8 Å². The molecule has 0 heterocycles. The highest BCUT2D eigenvalue weighted by Gasteiger charge is 2.55. The van der Waals surface area contributed by atoms with Crippen molar-refractivity contribution in [2.24, 2.45) is 11.3 Å². The summed E-state index contributed by atoms with van der Waals surface area (Å²) in [5, 5.41) is 9.86. The fraction of sp³-hybridized carbons (Fsp3) is 0.650. The zero-order valence-corrected chi connectivity index (χ0v) is 17.9. The first kappa shape index (κ1) is 22.2. The minimum absolute atomic E-state index is 0. The van der Waals surface area contributed by atoms with E-state index in [-0.39, 0.29) is 29.1 Å². The Labute approximate surface area is 167 Å². The highest BCUT2D eigenvalue weighted by molar-refractivity contribution is 7.85. The second-order valence-electron chi connectivity index (χ2n) is 8.76. The summed E-state index contributed by atoms with van der Waals surface area (Å²) < 4.78 is 33.8. The first-order valence-corrected chi connectivity index (χ1v) is 10.7. The molecule has 0 amide bonds. The monoisotopic (exact) mass is 416 g/mol. The molecule has 3 rings (SSSR count). The van der Waals surface area contributed by atoms with Crippen molar-refractivity contribution in [2.75, 3.05) is 0 Å². The molecule has 7 heteroatoms. The van der Waals surface area contributed by atoms with E-state index in [0.717, 1.165) is 36.8 Å². The molecule has 2 aliphatic rings.